The molecule has 5 heteroatoms. The van der Waals surface area contributed by atoms with Gasteiger partial charge >= 0.3 is 0 Å². The molecule has 0 saturated carbocycles. The van der Waals surface area contributed by atoms with E-state index in [2.05, 4.69) is 9.97 Å². The number of rotatable bonds is 6. The average molecular weight is 599 g/mol. The largest absolute Gasteiger partial charge is 0.228 e. The summed E-state index contributed by atoms with van der Waals surface area (Å²) >= 11 is 0. The van der Waals surface area contributed by atoms with Gasteiger partial charge in [-0.3, -0.25) is 0 Å². The minimum Gasteiger partial charge on any atom is -0.228 e. The van der Waals surface area contributed by atoms with E-state index in [1.807, 2.05) is 97.1 Å². The Labute approximate surface area is 279 Å². The first-order chi connectivity index (χ1) is 26.5. The molecule has 0 saturated heterocycles. The van der Waals surface area contributed by atoms with Crippen LogP contribution in [-0.4, -0.2) is 24.9 Å². The summed E-state index contributed by atoms with van der Waals surface area (Å²) in [6, 6.07) is 29.8. The maximum absolute atomic E-state index is 8.75. The lowest BCUT2D eigenvalue weighted by molar-refractivity contribution is 1.07. The summed E-state index contributed by atoms with van der Waals surface area (Å²) in [5, 5.41) is 0.0372. The lowest BCUT2D eigenvalue weighted by atomic mass is 9.99. The summed E-state index contributed by atoms with van der Waals surface area (Å²) in [5.41, 5.74) is 4.29. The highest BCUT2D eigenvalue weighted by atomic mass is 15.0. The van der Waals surface area contributed by atoms with E-state index < -0.39 is 48.3 Å². The molecule has 0 spiro atoms. The maximum Gasteiger partial charge on any atom is 0.164 e. The lowest BCUT2D eigenvalue weighted by Crippen LogP contribution is -2.00. The highest BCUT2D eigenvalue weighted by Gasteiger charge is 2.14. The van der Waals surface area contributed by atoms with Crippen molar-refractivity contribution in [2.24, 2.45) is 0 Å². The zero-order valence-corrected chi connectivity index (χ0v) is 24.1. The van der Waals surface area contributed by atoms with Gasteiger partial charge in [-0.25, -0.2) is 24.9 Å². The first-order valence-corrected chi connectivity index (χ1v) is 14.5. The van der Waals surface area contributed by atoms with Gasteiger partial charge in [-0.15, -0.1) is 0 Å². The Morgan fingerprint density at radius 3 is 1.54 bits per heavy atom. The monoisotopic (exact) mass is 598 g/mol. The second kappa shape index (κ2) is 12.0. The molecule has 0 aliphatic heterocycles. The van der Waals surface area contributed by atoms with Crippen molar-refractivity contribution in [2.45, 2.75) is 0 Å². The Morgan fingerprint density at radius 2 is 0.870 bits per heavy atom. The van der Waals surface area contributed by atoms with Crippen LogP contribution in [0.5, 0.6) is 0 Å². The van der Waals surface area contributed by atoms with Crippen LogP contribution in [0.25, 0.3) is 78.8 Å². The molecule has 0 N–H and O–H groups in total. The van der Waals surface area contributed by atoms with Gasteiger partial charge in [0.1, 0.15) is 0 Å². The van der Waals surface area contributed by atoms with Crippen molar-refractivity contribution >= 4 is 10.9 Å². The molecular weight excluding hydrogens is 562 g/mol. The Hall–Kier alpha value is -6.33. The SMILES string of the molecule is [2H]c1c([2H])c([2H])c(-c2nc(-c3ccc(-c4cccc(-c5nc(-c6ccccc6)nc(-c6ccccc6)n5)c4)cc3)c3c([2H])c([2H])c([2H])c([2H])c3n2)c([2H])c1[2H]. The van der Waals surface area contributed by atoms with Crippen molar-refractivity contribution in [3.05, 3.63) is 164 Å². The van der Waals surface area contributed by atoms with Crippen LogP contribution in [-0.2, 0) is 0 Å². The minimum atomic E-state index is -0.579. The van der Waals surface area contributed by atoms with Gasteiger partial charge in [-0.2, -0.15) is 0 Å². The molecule has 5 nitrogen and oxygen atoms in total. The molecule has 0 aliphatic carbocycles. The van der Waals surface area contributed by atoms with Crippen LogP contribution in [0.3, 0.4) is 0 Å². The summed E-state index contributed by atoms with van der Waals surface area (Å²) in [6.45, 7) is 0. The summed E-state index contributed by atoms with van der Waals surface area (Å²) in [5.74, 6) is 1.31. The minimum absolute atomic E-state index is 0.0372. The quantitative estimate of drug-likeness (QED) is 0.191. The van der Waals surface area contributed by atoms with Crippen LogP contribution in [0.15, 0.2) is 164 Å². The third-order valence-corrected chi connectivity index (χ3v) is 7.38. The van der Waals surface area contributed by atoms with Gasteiger partial charge < -0.3 is 0 Å². The lowest BCUT2D eigenvalue weighted by Gasteiger charge is -2.11. The van der Waals surface area contributed by atoms with Crippen LogP contribution in [0.4, 0.5) is 0 Å². The van der Waals surface area contributed by atoms with Gasteiger partial charge in [0.15, 0.2) is 23.3 Å². The number of aromatic nitrogens is 5. The Kier molecular flexibility index (Phi) is 4.99. The van der Waals surface area contributed by atoms with Gasteiger partial charge in [0.25, 0.3) is 0 Å². The van der Waals surface area contributed by atoms with Crippen LogP contribution < -0.4 is 0 Å². The fourth-order valence-electron chi connectivity index (χ4n) is 5.13. The molecule has 216 valence electrons. The molecular formula is C41H27N5. The van der Waals surface area contributed by atoms with Gasteiger partial charge in [0.2, 0.25) is 0 Å². The van der Waals surface area contributed by atoms with Gasteiger partial charge in [-0.05, 0) is 23.2 Å². The fourth-order valence-corrected chi connectivity index (χ4v) is 5.13. The molecule has 0 radical (unpaired) electrons. The van der Waals surface area contributed by atoms with Crippen molar-refractivity contribution in [3.63, 3.8) is 0 Å². The number of benzene rings is 6. The predicted molar refractivity (Wildman–Crippen MR) is 186 cm³/mol. The zero-order valence-electron chi connectivity index (χ0n) is 33.1. The summed E-state index contributed by atoms with van der Waals surface area (Å²) in [4.78, 5) is 23.5. The third kappa shape index (κ3) is 5.42. The second-order valence-electron chi connectivity index (χ2n) is 10.3. The van der Waals surface area contributed by atoms with Crippen LogP contribution in [0, 0.1) is 0 Å². The highest BCUT2D eigenvalue weighted by molar-refractivity contribution is 5.94. The van der Waals surface area contributed by atoms with E-state index in [1.54, 1.807) is 12.1 Å². The Bertz CT molecular complexity index is 2710. The summed E-state index contributed by atoms with van der Waals surface area (Å²) in [7, 11) is 0. The molecule has 0 bridgehead atoms. The van der Waals surface area contributed by atoms with E-state index in [1.165, 1.54) is 0 Å². The number of hydrogen-bond donors (Lipinski definition) is 0. The normalized spacial score (nSPS) is 13.8. The van der Waals surface area contributed by atoms with E-state index in [-0.39, 0.29) is 34.0 Å². The molecule has 0 unspecified atom stereocenters. The molecule has 2 heterocycles. The van der Waals surface area contributed by atoms with Crippen LogP contribution in [0.2, 0.25) is 0 Å². The smallest absolute Gasteiger partial charge is 0.164 e. The third-order valence-electron chi connectivity index (χ3n) is 7.38. The number of para-hydroxylation sites is 1. The highest BCUT2D eigenvalue weighted by Crippen LogP contribution is 2.32. The van der Waals surface area contributed by atoms with E-state index >= 15 is 0 Å². The topological polar surface area (TPSA) is 64.5 Å². The van der Waals surface area contributed by atoms with E-state index in [4.69, 9.17) is 27.3 Å². The van der Waals surface area contributed by atoms with Crippen LogP contribution in [0.1, 0.15) is 12.3 Å². The average Bonchev–Trinajstić information content (AvgIpc) is 3.23. The standard InChI is InChI=1S/C41H27N5/c1-4-13-30(14-5-1)38-42-36-22-11-10-21-35(36)37(43-38)29-25-23-28(24-26-29)33-19-12-20-34(27-33)41-45-39(31-15-6-2-7-16-31)44-40(46-41)32-17-8-3-9-18-32/h1-27H/i1D,4D,5D,10D,11D,13D,14D,21D,22D. The summed E-state index contributed by atoms with van der Waals surface area (Å²) < 4.78 is 75.5. The fraction of sp³-hybridized carbons (Fsp3) is 0. The summed E-state index contributed by atoms with van der Waals surface area (Å²) in [6.07, 6.45) is 0. The number of fused-ring (bicyclic) bond motifs is 1. The van der Waals surface area contributed by atoms with E-state index in [0.717, 1.165) is 27.8 Å². The molecule has 8 rings (SSSR count). The first-order valence-electron chi connectivity index (χ1n) is 19.0. The number of hydrogen-bond acceptors (Lipinski definition) is 5. The van der Waals surface area contributed by atoms with Gasteiger partial charge in [0, 0.05) is 33.2 Å². The molecule has 0 amide bonds. The van der Waals surface area contributed by atoms with E-state index in [0.29, 0.717) is 23.0 Å². The van der Waals surface area contributed by atoms with Gasteiger partial charge in [-0.1, -0.05) is 151 Å². The maximum atomic E-state index is 8.75. The van der Waals surface area contributed by atoms with Crippen LogP contribution >= 0.6 is 0 Å². The molecule has 46 heavy (non-hydrogen) atoms. The van der Waals surface area contributed by atoms with Crippen molar-refractivity contribution in [1.29, 1.82) is 0 Å². The van der Waals surface area contributed by atoms with Crippen molar-refractivity contribution < 1.29 is 12.3 Å². The van der Waals surface area contributed by atoms with Crippen molar-refractivity contribution in [2.75, 3.05) is 0 Å². The van der Waals surface area contributed by atoms with Crippen molar-refractivity contribution in [3.8, 4) is 67.9 Å². The first kappa shape index (κ1) is 19.1. The second-order valence-corrected chi connectivity index (χ2v) is 10.3. The molecule has 0 fully saturated rings. The molecule has 2 aromatic heterocycles. The Balaban J connectivity index is 1.25. The number of nitrogens with zero attached hydrogens (tertiary/aromatic N) is 5. The molecule has 8 aromatic rings. The Morgan fingerprint density at radius 1 is 0.348 bits per heavy atom. The molecule has 6 aromatic carbocycles. The predicted octanol–water partition coefficient (Wildman–Crippen LogP) is 9.82. The molecule has 0 atom stereocenters. The molecule has 0 aliphatic rings. The van der Waals surface area contributed by atoms with Crippen molar-refractivity contribution in [1.82, 2.24) is 24.9 Å². The van der Waals surface area contributed by atoms with Gasteiger partial charge in [0.05, 0.1) is 23.5 Å². The zero-order chi connectivity index (χ0) is 38.5. The van der Waals surface area contributed by atoms with E-state index in [9.17, 15) is 0 Å².